The lowest BCUT2D eigenvalue weighted by Crippen LogP contribution is -2.25. The molecule has 9 heteroatoms. The van der Waals surface area contributed by atoms with Gasteiger partial charge in [0, 0.05) is 28.6 Å². The van der Waals surface area contributed by atoms with Crippen LogP contribution in [0.25, 0.3) is 22.2 Å². The molecule has 1 aliphatic carbocycles. The van der Waals surface area contributed by atoms with Crippen LogP contribution < -0.4 is 10.6 Å². The number of hydrogen-bond donors (Lipinski definition) is 4. The molecule has 0 aliphatic heterocycles. The fourth-order valence-corrected chi connectivity index (χ4v) is 6.10. The number of phenols is 1. The van der Waals surface area contributed by atoms with Crippen LogP contribution in [0.1, 0.15) is 49.7 Å². The van der Waals surface area contributed by atoms with E-state index in [1.807, 2.05) is 30.3 Å². The van der Waals surface area contributed by atoms with Crippen LogP contribution in [-0.2, 0) is 19.4 Å². The van der Waals surface area contributed by atoms with Crippen LogP contribution in [0.3, 0.4) is 0 Å². The molecule has 2 amide bonds. The molecular weight excluding hydrogens is 498 g/mol. The van der Waals surface area contributed by atoms with E-state index in [1.165, 1.54) is 11.3 Å². The van der Waals surface area contributed by atoms with Gasteiger partial charge in [0.25, 0.3) is 11.8 Å². The molecule has 0 bridgehead atoms. The van der Waals surface area contributed by atoms with Crippen molar-refractivity contribution in [2.75, 3.05) is 5.32 Å². The van der Waals surface area contributed by atoms with E-state index in [9.17, 15) is 14.7 Å². The normalized spacial score (nSPS) is 12.7. The minimum Gasteiger partial charge on any atom is -0.507 e. The number of anilines is 1. The molecule has 3 aromatic heterocycles. The lowest BCUT2D eigenvalue weighted by molar-refractivity contribution is 0.0951. The Bertz CT molecular complexity index is 1670. The zero-order valence-corrected chi connectivity index (χ0v) is 21.3. The zero-order chi connectivity index (χ0) is 26.1. The highest BCUT2D eigenvalue weighted by Gasteiger charge is 2.27. The van der Waals surface area contributed by atoms with Gasteiger partial charge in [0.1, 0.15) is 16.4 Å². The van der Waals surface area contributed by atoms with Crippen LogP contribution >= 0.6 is 11.3 Å². The molecule has 4 N–H and O–H groups in total. The van der Waals surface area contributed by atoms with E-state index in [2.05, 4.69) is 25.8 Å². The topological polar surface area (TPSA) is 120 Å². The van der Waals surface area contributed by atoms with Gasteiger partial charge in [0.15, 0.2) is 0 Å². The minimum absolute atomic E-state index is 0.0810. The molecule has 0 fully saturated rings. The molecule has 0 saturated carbocycles. The fraction of sp³-hybridized carbons (Fsp3) is 0.172. The molecule has 38 heavy (non-hydrogen) atoms. The summed E-state index contributed by atoms with van der Waals surface area (Å²) in [6.45, 7) is 0.332. The first-order valence-corrected chi connectivity index (χ1v) is 13.3. The molecule has 190 valence electrons. The summed E-state index contributed by atoms with van der Waals surface area (Å²) in [6, 6.07) is 18.3. The monoisotopic (exact) mass is 523 g/mol. The highest BCUT2D eigenvalue weighted by Crippen LogP contribution is 2.38. The average molecular weight is 524 g/mol. The predicted octanol–water partition coefficient (Wildman–Crippen LogP) is 5.45. The van der Waals surface area contributed by atoms with E-state index in [0.717, 1.165) is 52.6 Å². The van der Waals surface area contributed by atoms with E-state index in [1.54, 1.807) is 36.5 Å². The standard InChI is InChI=1S/C29H25N5O3S/c35-24-11-5-2-8-19(24)22-14-23(34-33-22)27(36)32-29-26(20-9-3-6-12-25(20)38-29)28(37)31-16-17-13-18-7-1-4-10-21(18)30-15-17/h1-2,4-5,7-8,10-11,13-15,35H,3,6,9,12,16H2,(H,31,37)(H,32,36)(H,33,34). The highest BCUT2D eigenvalue weighted by molar-refractivity contribution is 7.17. The van der Waals surface area contributed by atoms with Gasteiger partial charge in [-0.05, 0) is 67.1 Å². The third-order valence-corrected chi connectivity index (χ3v) is 7.94. The second kappa shape index (κ2) is 10.1. The Morgan fingerprint density at radius 1 is 1.00 bits per heavy atom. The largest absolute Gasteiger partial charge is 0.507 e. The van der Waals surface area contributed by atoms with Crippen molar-refractivity contribution in [2.24, 2.45) is 0 Å². The molecule has 0 spiro atoms. The number of H-pyrrole nitrogens is 1. The number of nitrogens with zero attached hydrogens (tertiary/aromatic N) is 2. The average Bonchev–Trinajstić information content (AvgIpc) is 3.57. The number of thiophene rings is 1. The molecule has 1 aliphatic rings. The van der Waals surface area contributed by atoms with E-state index in [-0.39, 0.29) is 17.4 Å². The molecule has 0 radical (unpaired) electrons. The SMILES string of the molecule is O=C(Nc1sc2c(c1C(=O)NCc1cnc3ccccc3c1)CCCC2)c1cc(-c2ccccc2O)n[nH]1. The summed E-state index contributed by atoms with van der Waals surface area (Å²) >= 11 is 1.46. The number of aryl methyl sites for hydroxylation is 1. The van der Waals surface area contributed by atoms with E-state index in [0.29, 0.717) is 28.4 Å². The maximum absolute atomic E-state index is 13.5. The van der Waals surface area contributed by atoms with Gasteiger partial charge in [0.05, 0.1) is 16.8 Å². The first-order valence-electron chi connectivity index (χ1n) is 12.5. The summed E-state index contributed by atoms with van der Waals surface area (Å²) in [4.78, 5) is 32.2. The number of aromatic nitrogens is 3. The number of pyridine rings is 1. The van der Waals surface area contributed by atoms with Crippen LogP contribution in [0.5, 0.6) is 5.75 Å². The molecular formula is C29H25N5O3S. The number of para-hydroxylation sites is 2. The summed E-state index contributed by atoms with van der Waals surface area (Å²) in [5.74, 6) is -0.532. The number of benzene rings is 2. The van der Waals surface area contributed by atoms with Crippen molar-refractivity contribution in [2.45, 2.75) is 32.2 Å². The van der Waals surface area contributed by atoms with Gasteiger partial charge in [0.2, 0.25) is 0 Å². The van der Waals surface area contributed by atoms with Gasteiger partial charge in [-0.2, -0.15) is 5.10 Å². The van der Waals surface area contributed by atoms with Crippen molar-refractivity contribution < 1.29 is 14.7 Å². The molecule has 0 atom stereocenters. The number of nitrogens with one attached hydrogen (secondary N) is 3. The second-order valence-electron chi connectivity index (χ2n) is 9.27. The third kappa shape index (κ3) is 4.64. The fourth-order valence-electron chi connectivity index (χ4n) is 4.81. The summed E-state index contributed by atoms with van der Waals surface area (Å²) < 4.78 is 0. The molecule has 6 rings (SSSR count). The lowest BCUT2D eigenvalue weighted by Gasteiger charge is -2.13. The Kier molecular flexibility index (Phi) is 6.35. The molecule has 0 unspecified atom stereocenters. The number of carbonyl (C=O) groups is 2. The number of carbonyl (C=O) groups excluding carboxylic acids is 2. The van der Waals surface area contributed by atoms with Crippen molar-refractivity contribution in [3.63, 3.8) is 0 Å². The van der Waals surface area contributed by atoms with Crippen LogP contribution in [0.4, 0.5) is 5.00 Å². The number of phenolic OH excluding ortho intramolecular Hbond substituents is 1. The molecule has 0 saturated heterocycles. The third-order valence-electron chi connectivity index (χ3n) is 6.73. The van der Waals surface area contributed by atoms with Gasteiger partial charge in [-0.15, -0.1) is 11.3 Å². The van der Waals surface area contributed by atoms with Gasteiger partial charge in [-0.3, -0.25) is 19.7 Å². The Balaban J connectivity index is 1.23. The quantitative estimate of drug-likeness (QED) is 0.236. The lowest BCUT2D eigenvalue weighted by atomic mass is 9.95. The van der Waals surface area contributed by atoms with E-state index >= 15 is 0 Å². The van der Waals surface area contributed by atoms with Crippen molar-refractivity contribution in [1.82, 2.24) is 20.5 Å². The first kappa shape index (κ1) is 23.9. The summed E-state index contributed by atoms with van der Waals surface area (Å²) in [6.07, 6.45) is 5.55. The molecule has 3 heterocycles. The predicted molar refractivity (Wildman–Crippen MR) is 148 cm³/mol. The maximum atomic E-state index is 13.5. The number of aromatic amines is 1. The summed E-state index contributed by atoms with van der Waals surface area (Å²) in [5.41, 5.74) is 4.59. The Morgan fingerprint density at radius 2 is 1.82 bits per heavy atom. The Labute approximate surface area is 222 Å². The summed E-state index contributed by atoms with van der Waals surface area (Å²) in [7, 11) is 0. The van der Waals surface area contributed by atoms with Crippen LogP contribution in [0, 0.1) is 0 Å². The molecule has 8 nitrogen and oxygen atoms in total. The number of amides is 2. The summed E-state index contributed by atoms with van der Waals surface area (Å²) in [5, 5.41) is 24.6. The second-order valence-corrected chi connectivity index (χ2v) is 10.4. The zero-order valence-electron chi connectivity index (χ0n) is 20.5. The first-order chi connectivity index (χ1) is 18.6. The van der Waals surface area contributed by atoms with Gasteiger partial charge in [-0.25, -0.2) is 0 Å². The number of aromatic hydroxyl groups is 1. The molecule has 5 aromatic rings. The van der Waals surface area contributed by atoms with Gasteiger partial charge < -0.3 is 15.7 Å². The number of rotatable bonds is 6. The Hall–Kier alpha value is -4.50. The van der Waals surface area contributed by atoms with Crippen LogP contribution in [0.2, 0.25) is 0 Å². The number of hydrogen-bond acceptors (Lipinski definition) is 6. The van der Waals surface area contributed by atoms with E-state index in [4.69, 9.17) is 0 Å². The van der Waals surface area contributed by atoms with Crippen molar-refractivity contribution in [3.05, 3.63) is 94.1 Å². The van der Waals surface area contributed by atoms with Crippen molar-refractivity contribution in [3.8, 4) is 17.0 Å². The van der Waals surface area contributed by atoms with Gasteiger partial charge in [-0.1, -0.05) is 30.3 Å². The minimum atomic E-state index is -0.398. The molecule has 2 aromatic carbocycles. The van der Waals surface area contributed by atoms with E-state index < -0.39 is 5.91 Å². The highest BCUT2D eigenvalue weighted by atomic mass is 32.1. The van der Waals surface area contributed by atoms with Crippen molar-refractivity contribution >= 4 is 39.1 Å². The Morgan fingerprint density at radius 3 is 2.71 bits per heavy atom. The van der Waals surface area contributed by atoms with Crippen LogP contribution in [-0.4, -0.2) is 32.1 Å². The van der Waals surface area contributed by atoms with Gasteiger partial charge >= 0.3 is 0 Å². The smallest absolute Gasteiger partial charge is 0.274 e. The number of fused-ring (bicyclic) bond motifs is 2. The van der Waals surface area contributed by atoms with Crippen LogP contribution in [0.15, 0.2) is 66.9 Å². The van der Waals surface area contributed by atoms with Crippen molar-refractivity contribution in [1.29, 1.82) is 0 Å². The maximum Gasteiger partial charge on any atom is 0.274 e.